The SMILES string of the molecule is Brc1ccc2oc3cccc(-c4c5ccccc5c(-c5ccccc5)c5ccccc45)c3c2c1. The van der Waals surface area contributed by atoms with Crippen molar-refractivity contribution in [2.45, 2.75) is 0 Å². The summed E-state index contributed by atoms with van der Waals surface area (Å²) in [6.07, 6.45) is 0. The number of benzene rings is 6. The molecule has 0 aliphatic rings. The molecule has 160 valence electrons. The summed E-state index contributed by atoms with van der Waals surface area (Å²) in [6.45, 7) is 0. The van der Waals surface area contributed by atoms with E-state index < -0.39 is 0 Å². The number of furan rings is 1. The van der Waals surface area contributed by atoms with E-state index in [4.69, 9.17) is 4.42 Å². The molecule has 0 atom stereocenters. The van der Waals surface area contributed by atoms with E-state index in [1.54, 1.807) is 0 Å². The molecule has 0 radical (unpaired) electrons. The van der Waals surface area contributed by atoms with Crippen molar-refractivity contribution in [3.05, 3.63) is 120 Å². The van der Waals surface area contributed by atoms with E-state index in [-0.39, 0.29) is 0 Å². The Balaban J connectivity index is 1.71. The van der Waals surface area contributed by atoms with Crippen molar-refractivity contribution >= 4 is 59.4 Å². The molecule has 6 aromatic carbocycles. The molecule has 0 saturated heterocycles. The zero-order valence-corrected chi connectivity index (χ0v) is 19.8. The fourth-order valence-electron chi connectivity index (χ4n) is 5.34. The molecule has 0 amide bonds. The van der Waals surface area contributed by atoms with Crippen LogP contribution in [0.1, 0.15) is 0 Å². The largest absolute Gasteiger partial charge is 0.456 e. The molecular weight excluding hydrogens is 480 g/mol. The lowest BCUT2D eigenvalue weighted by Gasteiger charge is -2.18. The minimum atomic E-state index is 0.903. The maximum atomic E-state index is 6.27. The first-order valence-electron chi connectivity index (χ1n) is 11.4. The second kappa shape index (κ2) is 7.58. The zero-order valence-electron chi connectivity index (χ0n) is 18.3. The van der Waals surface area contributed by atoms with Gasteiger partial charge in [-0.25, -0.2) is 0 Å². The topological polar surface area (TPSA) is 13.1 Å². The Bertz CT molecular complexity index is 1800. The van der Waals surface area contributed by atoms with E-state index >= 15 is 0 Å². The van der Waals surface area contributed by atoms with Crippen LogP contribution >= 0.6 is 15.9 Å². The molecule has 0 N–H and O–H groups in total. The first kappa shape index (κ1) is 19.6. The van der Waals surface area contributed by atoms with Crippen LogP contribution in [0.4, 0.5) is 0 Å². The first-order chi connectivity index (χ1) is 16.8. The molecular formula is C32H19BrO. The van der Waals surface area contributed by atoms with E-state index in [0.29, 0.717) is 0 Å². The highest BCUT2D eigenvalue weighted by Gasteiger charge is 2.19. The third-order valence-corrected chi connectivity index (χ3v) is 7.21. The Kier molecular flexibility index (Phi) is 4.36. The Morgan fingerprint density at radius 1 is 0.471 bits per heavy atom. The zero-order chi connectivity index (χ0) is 22.6. The second-order valence-electron chi connectivity index (χ2n) is 8.63. The normalized spacial score (nSPS) is 11.7. The number of fused-ring (bicyclic) bond motifs is 5. The van der Waals surface area contributed by atoms with Gasteiger partial charge >= 0.3 is 0 Å². The lowest BCUT2D eigenvalue weighted by atomic mass is 9.85. The Labute approximate surface area is 205 Å². The molecule has 0 saturated carbocycles. The van der Waals surface area contributed by atoms with Crippen molar-refractivity contribution in [2.75, 3.05) is 0 Å². The quantitative estimate of drug-likeness (QED) is 0.216. The Morgan fingerprint density at radius 2 is 1.09 bits per heavy atom. The number of halogens is 1. The molecule has 1 nitrogen and oxygen atoms in total. The predicted molar refractivity (Wildman–Crippen MR) is 147 cm³/mol. The van der Waals surface area contributed by atoms with Crippen molar-refractivity contribution in [2.24, 2.45) is 0 Å². The average molecular weight is 499 g/mol. The first-order valence-corrected chi connectivity index (χ1v) is 12.2. The van der Waals surface area contributed by atoms with Gasteiger partial charge in [0.15, 0.2) is 0 Å². The van der Waals surface area contributed by atoms with Gasteiger partial charge in [-0.15, -0.1) is 0 Å². The van der Waals surface area contributed by atoms with Gasteiger partial charge in [-0.2, -0.15) is 0 Å². The molecule has 0 unspecified atom stereocenters. The molecule has 7 rings (SSSR count). The average Bonchev–Trinajstić information content (AvgIpc) is 3.26. The minimum Gasteiger partial charge on any atom is -0.456 e. The van der Waals surface area contributed by atoms with Crippen molar-refractivity contribution in [3.63, 3.8) is 0 Å². The predicted octanol–water partition coefficient (Wildman–Crippen LogP) is 9.99. The second-order valence-corrected chi connectivity index (χ2v) is 9.54. The lowest BCUT2D eigenvalue weighted by molar-refractivity contribution is 0.669. The highest BCUT2D eigenvalue weighted by atomic mass is 79.9. The maximum absolute atomic E-state index is 6.27. The highest BCUT2D eigenvalue weighted by molar-refractivity contribution is 9.10. The summed E-state index contributed by atoms with van der Waals surface area (Å²) in [4.78, 5) is 0. The summed E-state index contributed by atoms with van der Waals surface area (Å²) >= 11 is 3.66. The Hall–Kier alpha value is -3.88. The van der Waals surface area contributed by atoms with Crippen molar-refractivity contribution < 1.29 is 4.42 Å². The van der Waals surface area contributed by atoms with E-state index in [1.165, 1.54) is 43.8 Å². The van der Waals surface area contributed by atoms with Crippen LogP contribution in [0.25, 0.3) is 65.7 Å². The molecule has 34 heavy (non-hydrogen) atoms. The summed E-state index contributed by atoms with van der Waals surface area (Å²) < 4.78 is 7.31. The van der Waals surface area contributed by atoms with Crippen LogP contribution in [0, 0.1) is 0 Å². The van der Waals surface area contributed by atoms with Gasteiger partial charge < -0.3 is 4.42 Å². The maximum Gasteiger partial charge on any atom is 0.136 e. The summed E-state index contributed by atoms with van der Waals surface area (Å²) in [5.41, 5.74) is 6.77. The fourth-order valence-corrected chi connectivity index (χ4v) is 5.70. The molecule has 2 heteroatoms. The molecule has 7 aromatic rings. The van der Waals surface area contributed by atoms with Gasteiger partial charge in [0, 0.05) is 15.2 Å². The molecule has 0 spiro atoms. The third kappa shape index (κ3) is 2.85. The van der Waals surface area contributed by atoms with Crippen molar-refractivity contribution in [3.8, 4) is 22.3 Å². The van der Waals surface area contributed by atoms with E-state index in [9.17, 15) is 0 Å². The smallest absolute Gasteiger partial charge is 0.136 e. The van der Waals surface area contributed by atoms with Crippen LogP contribution in [-0.4, -0.2) is 0 Å². The van der Waals surface area contributed by atoms with Gasteiger partial charge in [-0.3, -0.25) is 0 Å². The van der Waals surface area contributed by atoms with Gasteiger partial charge in [0.05, 0.1) is 0 Å². The highest BCUT2D eigenvalue weighted by Crippen LogP contribution is 2.46. The van der Waals surface area contributed by atoms with Gasteiger partial charge in [0.25, 0.3) is 0 Å². The molecule has 0 aliphatic heterocycles. The Morgan fingerprint density at radius 3 is 1.76 bits per heavy atom. The van der Waals surface area contributed by atoms with Gasteiger partial charge in [-0.1, -0.05) is 107 Å². The summed E-state index contributed by atoms with van der Waals surface area (Å²) in [7, 11) is 0. The van der Waals surface area contributed by atoms with Gasteiger partial charge in [-0.05, 0) is 68.1 Å². The van der Waals surface area contributed by atoms with Crippen LogP contribution in [0.15, 0.2) is 124 Å². The van der Waals surface area contributed by atoms with Crippen LogP contribution in [-0.2, 0) is 0 Å². The lowest BCUT2D eigenvalue weighted by Crippen LogP contribution is -1.91. The van der Waals surface area contributed by atoms with Crippen LogP contribution in [0.5, 0.6) is 0 Å². The molecule has 0 bridgehead atoms. The summed E-state index contributed by atoms with van der Waals surface area (Å²) in [5, 5.41) is 7.29. The van der Waals surface area contributed by atoms with Crippen LogP contribution in [0.3, 0.4) is 0 Å². The standard InChI is InChI=1S/C32H19BrO/c33-21-17-18-28-27(19-21)32-26(15-8-16-29(32)34-28)31-24-13-6-4-11-22(24)30(20-9-2-1-3-10-20)23-12-5-7-14-25(23)31/h1-19H. The molecule has 1 aromatic heterocycles. The van der Waals surface area contributed by atoms with Crippen molar-refractivity contribution in [1.29, 1.82) is 0 Å². The molecule has 1 heterocycles. The van der Waals surface area contributed by atoms with Crippen molar-refractivity contribution in [1.82, 2.24) is 0 Å². The van der Waals surface area contributed by atoms with Gasteiger partial charge in [0.1, 0.15) is 11.2 Å². The van der Waals surface area contributed by atoms with E-state index in [1.807, 2.05) is 12.1 Å². The fraction of sp³-hybridized carbons (Fsp3) is 0. The molecule has 0 fully saturated rings. The minimum absolute atomic E-state index is 0.903. The van der Waals surface area contributed by atoms with E-state index in [2.05, 4.69) is 119 Å². The monoisotopic (exact) mass is 498 g/mol. The summed E-state index contributed by atoms with van der Waals surface area (Å²) in [6, 6.07) is 40.9. The number of hydrogen-bond acceptors (Lipinski definition) is 1. The number of rotatable bonds is 2. The number of hydrogen-bond donors (Lipinski definition) is 0. The van der Waals surface area contributed by atoms with E-state index in [0.717, 1.165) is 26.4 Å². The van der Waals surface area contributed by atoms with Gasteiger partial charge in [0.2, 0.25) is 0 Å². The molecule has 0 aliphatic carbocycles. The third-order valence-electron chi connectivity index (χ3n) is 6.72. The van der Waals surface area contributed by atoms with Crippen LogP contribution < -0.4 is 0 Å². The van der Waals surface area contributed by atoms with Crippen LogP contribution in [0.2, 0.25) is 0 Å². The summed E-state index contributed by atoms with van der Waals surface area (Å²) in [5.74, 6) is 0.